The van der Waals surface area contributed by atoms with Crippen molar-refractivity contribution in [1.29, 1.82) is 0 Å². The smallest absolute Gasteiger partial charge is 0.225 e. The van der Waals surface area contributed by atoms with Gasteiger partial charge in [0.1, 0.15) is 5.00 Å². The van der Waals surface area contributed by atoms with Gasteiger partial charge in [-0.3, -0.25) is 4.79 Å². The number of amides is 1. The molecule has 5 nitrogen and oxygen atoms in total. The number of fused-ring (bicyclic) bond motifs is 1. The van der Waals surface area contributed by atoms with Gasteiger partial charge in [-0.15, -0.1) is 5.10 Å². The number of hydrogen-bond donors (Lipinski definition) is 1. The molecule has 0 atom stereocenters. The van der Waals surface area contributed by atoms with Gasteiger partial charge in [0.2, 0.25) is 5.91 Å². The summed E-state index contributed by atoms with van der Waals surface area (Å²) in [6.45, 7) is 0. The van der Waals surface area contributed by atoms with E-state index >= 15 is 0 Å². The van der Waals surface area contributed by atoms with E-state index in [4.69, 9.17) is 0 Å². The van der Waals surface area contributed by atoms with Crippen molar-refractivity contribution in [1.82, 2.24) is 14.2 Å². The zero-order chi connectivity index (χ0) is 13.9. The summed E-state index contributed by atoms with van der Waals surface area (Å²) in [4.78, 5) is 11.9. The molecule has 3 rings (SSSR count). The predicted molar refractivity (Wildman–Crippen MR) is 79.8 cm³/mol. The number of nitrogens with one attached hydrogen (secondary N) is 1. The van der Waals surface area contributed by atoms with E-state index in [1.54, 1.807) is 6.20 Å². The molecule has 0 saturated heterocycles. The van der Waals surface area contributed by atoms with Crippen molar-refractivity contribution in [2.24, 2.45) is 7.05 Å². The Bertz CT molecular complexity index is 733. The van der Waals surface area contributed by atoms with Crippen LogP contribution in [0, 0.1) is 0 Å². The number of aryl methyl sites for hydroxylation is 2. The second-order valence-electron chi connectivity index (χ2n) is 4.61. The van der Waals surface area contributed by atoms with Gasteiger partial charge in [0.05, 0.1) is 6.20 Å². The van der Waals surface area contributed by atoms with Crippen LogP contribution in [0.25, 0.3) is 10.9 Å². The fourth-order valence-corrected chi connectivity index (χ4v) is 2.73. The van der Waals surface area contributed by atoms with Crippen LogP contribution in [0.15, 0.2) is 36.7 Å². The minimum Gasteiger partial charge on any atom is -0.350 e. The average Bonchev–Trinajstić information content (AvgIpc) is 3.06. The highest BCUT2D eigenvalue weighted by Crippen LogP contribution is 2.21. The molecule has 6 heteroatoms. The van der Waals surface area contributed by atoms with Gasteiger partial charge in [-0.2, -0.15) is 0 Å². The van der Waals surface area contributed by atoms with E-state index in [0.717, 1.165) is 6.42 Å². The zero-order valence-corrected chi connectivity index (χ0v) is 11.9. The molecular weight excluding hydrogens is 272 g/mol. The van der Waals surface area contributed by atoms with Crippen LogP contribution in [0.2, 0.25) is 0 Å². The summed E-state index contributed by atoms with van der Waals surface area (Å²) in [5.41, 5.74) is 2.38. The van der Waals surface area contributed by atoms with Crippen molar-refractivity contribution in [3.05, 3.63) is 42.2 Å². The normalized spacial score (nSPS) is 10.8. The number of nitrogens with zero attached hydrogens (tertiary/aromatic N) is 3. The molecule has 0 unspecified atom stereocenters. The van der Waals surface area contributed by atoms with E-state index in [2.05, 4.69) is 37.8 Å². The maximum absolute atomic E-state index is 11.9. The van der Waals surface area contributed by atoms with Crippen LogP contribution >= 0.6 is 11.5 Å². The number of hydrogen-bond acceptors (Lipinski definition) is 4. The summed E-state index contributed by atoms with van der Waals surface area (Å²) < 4.78 is 5.80. The molecule has 0 saturated carbocycles. The molecule has 0 aliphatic rings. The molecular formula is C14H14N4OS. The van der Waals surface area contributed by atoms with E-state index < -0.39 is 0 Å². The maximum atomic E-state index is 11.9. The monoisotopic (exact) mass is 286 g/mol. The minimum absolute atomic E-state index is 0.0102. The lowest BCUT2D eigenvalue weighted by Gasteiger charge is -2.01. The van der Waals surface area contributed by atoms with Gasteiger partial charge >= 0.3 is 0 Å². The van der Waals surface area contributed by atoms with E-state index in [1.807, 2.05) is 19.2 Å². The number of rotatable bonds is 4. The average molecular weight is 286 g/mol. The molecule has 3 aromatic rings. The van der Waals surface area contributed by atoms with Gasteiger partial charge in [0.15, 0.2) is 0 Å². The van der Waals surface area contributed by atoms with Crippen LogP contribution in [0.4, 0.5) is 5.00 Å². The van der Waals surface area contributed by atoms with Gasteiger partial charge in [-0.05, 0) is 18.1 Å². The molecule has 2 aromatic heterocycles. The van der Waals surface area contributed by atoms with Crippen molar-refractivity contribution in [3.63, 3.8) is 0 Å². The fourth-order valence-electron chi connectivity index (χ4n) is 2.30. The first-order valence-electron chi connectivity index (χ1n) is 6.34. The third kappa shape index (κ3) is 2.55. The molecule has 2 heterocycles. The molecule has 1 N–H and O–H groups in total. The molecule has 0 fully saturated rings. The Kier molecular flexibility index (Phi) is 3.47. The Morgan fingerprint density at radius 1 is 1.40 bits per heavy atom. The molecule has 1 amide bonds. The molecule has 102 valence electrons. The number of aromatic nitrogens is 3. The van der Waals surface area contributed by atoms with E-state index in [9.17, 15) is 4.79 Å². The highest BCUT2D eigenvalue weighted by atomic mass is 32.1. The van der Waals surface area contributed by atoms with Gasteiger partial charge in [-0.25, -0.2) is 0 Å². The van der Waals surface area contributed by atoms with E-state index in [-0.39, 0.29) is 5.91 Å². The summed E-state index contributed by atoms with van der Waals surface area (Å²) in [5, 5.41) is 8.38. The Hall–Kier alpha value is -2.21. The van der Waals surface area contributed by atoms with Crippen molar-refractivity contribution < 1.29 is 4.79 Å². The summed E-state index contributed by atoms with van der Waals surface area (Å²) in [6, 6.07) is 8.22. The van der Waals surface area contributed by atoms with Crippen molar-refractivity contribution >= 4 is 33.3 Å². The molecule has 0 spiro atoms. The largest absolute Gasteiger partial charge is 0.350 e. The fraction of sp³-hybridized carbons (Fsp3) is 0.214. The quantitative estimate of drug-likeness (QED) is 0.802. The Morgan fingerprint density at radius 2 is 2.25 bits per heavy atom. The lowest BCUT2D eigenvalue weighted by molar-refractivity contribution is -0.116. The summed E-state index contributed by atoms with van der Waals surface area (Å²) >= 11 is 1.18. The summed E-state index contributed by atoms with van der Waals surface area (Å²) in [6.07, 6.45) is 4.82. The maximum Gasteiger partial charge on any atom is 0.225 e. The highest BCUT2D eigenvalue weighted by molar-refractivity contribution is 7.10. The zero-order valence-electron chi connectivity index (χ0n) is 11.0. The Morgan fingerprint density at radius 3 is 3.05 bits per heavy atom. The Balaban J connectivity index is 1.69. The number of carbonyl (C=O) groups is 1. The number of benzene rings is 1. The lowest BCUT2D eigenvalue weighted by atomic mass is 10.1. The molecule has 0 radical (unpaired) electrons. The van der Waals surface area contributed by atoms with Crippen molar-refractivity contribution in [2.75, 3.05) is 5.32 Å². The van der Waals surface area contributed by atoms with Crippen LogP contribution in [0.5, 0.6) is 0 Å². The topological polar surface area (TPSA) is 59.8 Å². The first kappa shape index (κ1) is 12.8. The van der Waals surface area contributed by atoms with Gasteiger partial charge in [0.25, 0.3) is 0 Å². The first-order chi connectivity index (χ1) is 9.74. The predicted octanol–water partition coefficient (Wildman–Crippen LogP) is 2.60. The number of para-hydroxylation sites is 1. The Labute approximate surface area is 120 Å². The molecule has 0 aliphatic carbocycles. The SMILES string of the molecule is Cn1cc(CCC(=O)Nc2cnns2)c2ccccc21. The second-order valence-corrected chi connectivity index (χ2v) is 5.40. The van der Waals surface area contributed by atoms with Gasteiger partial charge in [0, 0.05) is 42.1 Å². The first-order valence-corrected chi connectivity index (χ1v) is 7.11. The standard InChI is InChI=1S/C14H14N4OS/c1-18-9-10(11-4-2-3-5-12(11)18)6-7-13(19)16-14-8-15-17-20-14/h2-5,8-9H,6-7H2,1H3,(H,16,19). The minimum atomic E-state index is -0.0102. The third-order valence-electron chi connectivity index (χ3n) is 3.22. The van der Waals surface area contributed by atoms with Crippen LogP contribution in [0.3, 0.4) is 0 Å². The van der Waals surface area contributed by atoms with Crippen LogP contribution in [-0.4, -0.2) is 20.1 Å². The van der Waals surface area contributed by atoms with E-state index in [0.29, 0.717) is 11.4 Å². The van der Waals surface area contributed by atoms with Crippen molar-refractivity contribution in [3.8, 4) is 0 Å². The molecule has 0 aliphatic heterocycles. The second kappa shape index (κ2) is 5.42. The molecule has 0 bridgehead atoms. The van der Waals surface area contributed by atoms with Crippen molar-refractivity contribution in [2.45, 2.75) is 12.8 Å². The number of anilines is 1. The van der Waals surface area contributed by atoms with Gasteiger partial charge < -0.3 is 9.88 Å². The van der Waals surface area contributed by atoms with E-state index in [1.165, 1.54) is 28.0 Å². The van der Waals surface area contributed by atoms with Crippen LogP contribution in [0.1, 0.15) is 12.0 Å². The molecule has 1 aromatic carbocycles. The highest BCUT2D eigenvalue weighted by Gasteiger charge is 2.09. The lowest BCUT2D eigenvalue weighted by Crippen LogP contribution is -2.11. The molecule has 20 heavy (non-hydrogen) atoms. The summed E-state index contributed by atoms with van der Waals surface area (Å²) in [5.74, 6) is -0.0102. The van der Waals surface area contributed by atoms with Crippen LogP contribution < -0.4 is 5.32 Å². The number of carbonyl (C=O) groups excluding carboxylic acids is 1. The van der Waals surface area contributed by atoms with Gasteiger partial charge in [-0.1, -0.05) is 22.7 Å². The van der Waals surface area contributed by atoms with Crippen LogP contribution in [-0.2, 0) is 18.3 Å². The summed E-state index contributed by atoms with van der Waals surface area (Å²) in [7, 11) is 2.02. The third-order valence-corrected chi connectivity index (χ3v) is 3.80.